The summed E-state index contributed by atoms with van der Waals surface area (Å²) in [6, 6.07) is 7.14. The van der Waals surface area contributed by atoms with Gasteiger partial charge in [-0.1, -0.05) is 35.3 Å². The number of aryl methyl sites for hydroxylation is 2. The van der Waals surface area contributed by atoms with Crippen LogP contribution in [0.1, 0.15) is 31.0 Å². The number of carbonyl (C=O) groups is 1. The number of nitrogens with zero attached hydrogens (tertiary/aromatic N) is 5. The summed E-state index contributed by atoms with van der Waals surface area (Å²) in [6.07, 6.45) is 3.15. The van der Waals surface area contributed by atoms with Gasteiger partial charge in [-0.25, -0.2) is 0 Å². The van der Waals surface area contributed by atoms with Crippen LogP contribution in [0.25, 0.3) is 17.5 Å². The number of amides is 1. The molecule has 0 radical (unpaired) electrons. The lowest BCUT2D eigenvalue weighted by molar-refractivity contribution is -0.128. The van der Waals surface area contributed by atoms with Crippen LogP contribution in [0, 0.1) is 6.92 Å². The molecule has 3 rings (SSSR count). The lowest BCUT2D eigenvalue weighted by Crippen LogP contribution is -2.35. The Bertz CT molecular complexity index is 1060. The highest BCUT2D eigenvalue weighted by atomic mass is 35.5. The molecule has 0 N–H and O–H groups in total. The normalized spacial score (nSPS) is 11.6. The molecule has 3 aromatic rings. The monoisotopic (exact) mass is 433 g/mol. The highest BCUT2D eigenvalue weighted by molar-refractivity contribution is 6.33. The Morgan fingerprint density at radius 2 is 2.00 bits per heavy atom. The third-order valence-corrected chi connectivity index (χ3v) is 5.15. The SMILES string of the molecule is Cc1nn(C)c(Cl)c1/C=C/C(=O)N(Cc1nnc(-c2ccccc2Cl)o1)C(C)C. The molecular formula is C20H21Cl2N5O2. The third-order valence-electron chi connectivity index (χ3n) is 4.37. The molecule has 0 aliphatic rings. The zero-order valence-corrected chi connectivity index (χ0v) is 18.1. The lowest BCUT2D eigenvalue weighted by atomic mass is 10.2. The molecule has 0 spiro atoms. The highest BCUT2D eigenvalue weighted by Crippen LogP contribution is 2.26. The first kappa shape index (κ1) is 21.1. The smallest absolute Gasteiger partial charge is 0.249 e. The maximum atomic E-state index is 12.8. The maximum absolute atomic E-state index is 12.8. The van der Waals surface area contributed by atoms with Crippen molar-refractivity contribution in [2.75, 3.05) is 0 Å². The first-order valence-corrected chi connectivity index (χ1v) is 9.78. The molecule has 0 aliphatic heterocycles. The minimum Gasteiger partial charge on any atom is -0.419 e. The second kappa shape index (κ2) is 8.80. The van der Waals surface area contributed by atoms with Crippen molar-refractivity contribution in [2.45, 2.75) is 33.4 Å². The third kappa shape index (κ3) is 4.68. The average molecular weight is 434 g/mol. The largest absolute Gasteiger partial charge is 0.419 e. The Hall–Kier alpha value is -2.64. The number of halogens is 2. The molecule has 0 saturated heterocycles. The molecule has 0 aliphatic carbocycles. The van der Waals surface area contributed by atoms with Crippen LogP contribution in [-0.4, -0.2) is 36.8 Å². The summed E-state index contributed by atoms with van der Waals surface area (Å²) in [5.74, 6) is 0.442. The Morgan fingerprint density at radius 1 is 1.28 bits per heavy atom. The van der Waals surface area contributed by atoms with Crippen LogP contribution in [0.2, 0.25) is 10.2 Å². The zero-order valence-electron chi connectivity index (χ0n) is 16.6. The molecule has 29 heavy (non-hydrogen) atoms. The lowest BCUT2D eigenvalue weighted by Gasteiger charge is -2.23. The predicted molar refractivity (Wildman–Crippen MR) is 112 cm³/mol. The van der Waals surface area contributed by atoms with E-state index in [9.17, 15) is 4.79 Å². The number of carbonyl (C=O) groups excluding carboxylic acids is 1. The van der Waals surface area contributed by atoms with Crippen LogP contribution in [0.5, 0.6) is 0 Å². The van der Waals surface area contributed by atoms with Crippen molar-refractivity contribution in [3.63, 3.8) is 0 Å². The molecule has 0 bridgehead atoms. The van der Waals surface area contributed by atoms with Gasteiger partial charge in [-0.3, -0.25) is 9.48 Å². The first-order valence-electron chi connectivity index (χ1n) is 9.03. The Labute approximate surface area is 178 Å². The number of benzene rings is 1. The molecule has 0 saturated carbocycles. The first-order chi connectivity index (χ1) is 13.8. The molecule has 2 aromatic heterocycles. The summed E-state index contributed by atoms with van der Waals surface area (Å²) in [6.45, 7) is 5.85. The summed E-state index contributed by atoms with van der Waals surface area (Å²) in [5.41, 5.74) is 2.11. The molecule has 1 amide bonds. The molecule has 7 nitrogen and oxygen atoms in total. The Kier molecular flexibility index (Phi) is 6.39. The van der Waals surface area contributed by atoms with Crippen LogP contribution < -0.4 is 0 Å². The van der Waals surface area contributed by atoms with Gasteiger partial charge in [0.2, 0.25) is 17.7 Å². The number of hydrogen-bond donors (Lipinski definition) is 0. The van der Waals surface area contributed by atoms with Crippen LogP contribution >= 0.6 is 23.2 Å². The van der Waals surface area contributed by atoms with Gasteiger partial charge in [0.25, 0.3) is 0 Å². The summed E-state index contributed by atoms with van der Waals surface area (Å²) >= 11 is 12.4. The number of rotatable bonds is 6. The molecule has 1 aromatic carbocycles. The standard InChI is InChI=1S/C20H21Cl2N5O2/c1-12(2)27(18(28)10-9-14-13(3)25-26(4)19(14)22)11-17-23-24-20(29-17)15-7-5-6-8-16(15)21/h5-10,12H,11H2,1-4H3/b10-9+. The zero-order chi connectivity index (χ0) is 21.1. The van der Waals surface area contributed by atoms with E-state index in [0.29, 0.717) is 33.1 Å². The fraction of sp³-hybridized carbons (Fsp3) is 0.300. The van der Waals surface area contributed by atoms with E-state index in [1.54, 1.807) is 34.8 Å². The van der Waals surface area contributed by atoms with Gasteiger partial charge in [0, 0.05) is 24.7 Å². The fourth-order valence-corrected chi connectivity index (χ4v) is 3.26. The van der Waals surface area contributed by atoms with Crippen molar-refractivity contribution >= 4 is 35.2 Å². The van der Waals surface area contributed by atoms with Crippen molar-refractivity contribution in [1.82, 2.24) is 24.9 Å². The van der Waals surface area contributed by atoms with Gasteiger partial charge < -0.3 is 9.32 Å². The van der Waals surface area contributed by atoms with E-state index in [0.717, 1.165) is 5.69 Å². The molecule has 9 heteroatoms. The van der Waals surface area contributed by atoms with Crippen molar-refractivity contribution in [2.24, 2.45) is 7.05 Å². The molecular weight excluding hydrogens is 413 g/mol. The maximum Gasteiger partial charge on any atom is 0.249 e. The average Bonchev–Trinajstić information content (AvgIpc) is 3.23. The van der Waals surface area contributed by atoms with E-state index < -0.39 is 0 Å². The second-order valence-corrected chi connectivity index (χ2v) is 7.55. The van der Waals surface area contributed by atoms with Gasteiger partial charge in [-0.05, 0) is 39.0 Å². The number of aromatic nitrogens is 4. The summed E-state index contributed by atoms with van der Waals surface area (Å²) < 4.78 is 7.29. The van der Waals surface area contributed by atoms with Crippen LogP contribution in [-0.2, 0) is 18.4 Å². The summed E-state index contributed by atoms with van der Waals surface area (Å²) in [4.78, 5) is 14.4. The summed E-state index contributed by atoms with van der Waals surface area (Å²) in [7, 11) is 1.75. The fourth-order valence-electron chi connectivity index (χ4n) is 2.81. The quantitative estimate of drug-likeness (QED) is 0.533. The molecule has 0 unspecified atom stereocenters. The van der Waals surface area contributed by atoms with E-state index in [1.807, 2.05) is 32.9 Å². The highest BCUT2D eigenvalue weighted by Gasteiger charge is 2.20. The van der Waals surface area contributed by atoms with E-state index in [2.05, 4.69) is 15.3 Å². The van der Waals surface area contributed by atoms with Crippen LogP contribution in [0.4, 0.5) is 0 Å². The molecule has 2 heterocycles. The van der Waals surface area contributed by atoms with E-state index in [-0.39, 0.29) is 18.5 Å². The number of hydrogen-bond acceptors (Lipinski definition) is 5. The van der Waals surface area contributed by atoms with Gasteiger partial charge in [-0.2, -0.15) is 5.10 Å². The molecule has 152 valence electrons. The topological polar surface area (TPSA) is 77.1 Å². The Balaban J connectivity index is 1.78. The van der Waals surface area contributed by atoms with E-state index >= 15 is 0 Å². The summed E-state index contributed by atoms with van der Waals surface area (Å²) in [5, 5.41) is 13.3. The van der Waals surface area contributed by atoms with E-state index in [4.69, 9.17) is 27.6 Å². The van der Waals surface area contributed by atoms with Gasteiger partial charge >= 0.3 is 0 Å². The molecule has 0 atom stereocenters. The van der Waals surface area contributed by atoms with E-state index in [1.165, 1.54) is 6.08 Å². The van der Waals surface area contributed by atoms with Crippen molar-refractivity contribution in [3.8, 4) is 11.5 Å². The Morgan fingerprint density at radius 3 is 2.62 bits per heavy atom. The minimum atomic E-state index is -0.197. The minimum absolute atomic E-state index is 0.0757. The second-order valence-electron chi connectivity index (χ2n) is 6.79. The van der Waals surface area contributed by atoms with Gasteiger partial charge in [0.15, 0.2) is 0 Å². The van der Waals surface area contributed by atoms with Crippen LogP contribution in [0.15, 0.2) is 34.8 Å². The van der Waals surface area contributed by atoms with Crippen molar-refractivity contribution < 1.29 is 9.21 Å². The van der Waals surface area contributed by atoms with Gasteiger partial charge in [0.05, 0.1) is 22.8 Å². The van der Waals surface area contributed by atoms with Gasteiger partial charge in [-0.15, -0.1) is 10.2 Å². The van der Waals surface area contributed by atoms with Crippen molar-refractivity contribution in [1.29, 1.82) is 0 Å². The predicted octanol–water partition coefficient (Wildman–Crippen LogP) is 4.54. The van der Waals surface area contributed by atoms with Crippen molar-refractivity contribution in [3.05, 3.63) is 57.7 Å². The van der Waals surface area contributed by atoms with Crippen LogP contribution in [0.3, 0.4) is 0 Å². The van der Waals surface area contributed by atoms with Gasteiger partial charge in [0.1, 0.15) is 5.15 Å². The molecule has 0 fully saturated rings.